The van der Waals surface area contributed by atoms with Crippen molar-refractivity contribution < 1.29 is 31.9 Å². The van der Waals surface area contributed by atoms with E-state index in [1.165, 1.54) is 12.1 Å². The number of halogens is 4. The third-order valence-electron chi connectivity index (χ3n) is 4.85. The first-order valence-corrected chi connectivity index (χ1v) is 9.18. The molecule has 6 nitrogen and oxygen atoms in total. The molecule has 2 aromatic carbocycles. The SMILES string of the molecule is CC(C)(C)c1ccc(C(=O)N[C@@]2(C(F)(F)F)NC(=O)N(c3ccc(F)cc3)C2=O)cc1. The van der Waals surface area contributed by atoms with Gasteiger partial charge in [-0.25, -0.2) is 14.1 Å². The molecule has 0 spiro atoms. The average molecular weight is 437 g/mol. The number of nitrogens with zero attached hydrogens (tertiary/aromatic N) is 1. The van der Waals surface area contributed by atoms with Gasteiger partial charge in [0.2, 0.25) is 0 Å². The first kappa shape index (κ1) is 22.3. The lowest BCUT2D eigenvalue weighted by atomic mass is 9.86. The molecule has 0 bridgehead atoms. The van der Waals surface area contributed by atoms with Gasteiger partial charge >= 0.3 is 12.2 Å². The molecule has 1 aliphatic rings. The van der Waals surface area contributed by atoms with E-state index in [1.807, 2.05) is 20.8 Å². The molecule has 1 aliphatic heterocycles. The zero-order valence-electron chi connectivity index (χ0n) is 16.8. The number of carbonyl (C=O) groups excluding carboxylic acids is 3. The van der Waals surface area contributed by atoms with Crippen LogP contribution in [0.25, 0.3) is 0 Å². The van der Waals surface area contributed by atoms with Gasteiger partial charge < -0.3 is 5.32 Å². The summed E-state index contributed by atoms with van der Waals surface area (Å²) in [7, 11) is 0. The number of carbonyl (C=O) groups is 3. The number of hydrogen-bond acceptors (Lipinski definition) is 3. The Labute approximate surface area is 175 Å². The van der Waals surface area contributed by atoms with Crippen LogP contribution in [0.3, 0.4) is 0 Å². The summed E-state index contributed by atoms with van der Waals surface area (Å²) in [5.41, 5.74) is -3.47. The summed E-state index contributed by atoms with van der Waals surface area (Å²) in [5.74, 6) is -3.66. The van der Waals surface area contributed by atoms with Crippen molar-refractivity contribution in [2.24, 2.45) is 0 Å². The Morgan fingerprint density at radius 2 is 1.52 bits per heavy atom. The van der Waals surface area contributed by atoms with Crippen molar-refractivity contribution in [3.8, 4) is 0 Å². The van der Waals surface area contributed by atoms with E-state index in [1.54, 1.807) is 22.8 Å². The summed E-state index contributed by atoms with van der Waals surface area (Å²) in [6, 6.07) is 8.18. The highest BCUT2D eigenvalue weighted by atomic mass is 19.4. The first-order valence-electron chi connectivity index (χ1n) is 9.18. The predicted octanol–water partition coefficient (Wildman–Crippen LogP) is 3.87. The van der Waals surface area contributed by atoms with Gasteiger partial charge in [-0.1, -0.05) is 32.9 Å². The van der Waals surface area contributed by atoms with Crippen molar-refractivity contribution in [3.05, 3.63) is 65.5 Å². The Morgan fingerprint density at radius 3 is 2.00 bits per heavy atom. The molecule has 3 rings (SSSR count). The zero-order chi connectivity index (χ0) is 23.2. The fraction of sp³-hybridized carbons (Fsp3) is 0.286. The smallest absolute Gasteiger partial charge is 0.314 e. The number of alkyl halides is 3. The molecule has 1 atom stereocenters. The lowest BCUT2D eigenvalue weighted by molar-refractivity contribution is -0.197. The van der Waals surface area contributed by atoms with E-state index in [-0.39, 0.29) is 21.6 Å². The molecule has 1 fully saturated rings. The average Bonchev–Trinajstić information content (AvgIpc) is 2.92. The van der Waals surface area contributed by atoms with Crippen LogP contribution in [0.4, 0.5) is 28.0 Å². The molecule has 0 aliphatic carbocycles. The fourth-order valence-corrected chi connectivity index (χ4v) is 3.07. The van der Waals surface area contributed by atoms with Gasteiger partial charge in [-0.3, -0.25) is 14.9 Å². The summed E-state index contributed by atoms with van der Waals surface area (Å²) in [4.78, 5) is 37.8. The third-order valence-corrected chi connectivity index (χ3v) is 4.85. The van der Waals surface area contributed by atoms with E-state index in [2.05, 4.69) is 0 Å². The standard InChI is InChI=1S/C21H19F4N3O3/c1-19(2,3)13-6-4-12(5-7-13)16(29)26-20(21(23,24)25)17(30)28(18(31)27-20)15-10-8-14(22)9-11-15/h4-11H,1-3H3,(H,26,29)(H,27,31)/t20-/m1/s1. The molecule has 31 heavy (non-hydrogen) atoms. The molecule has 1 saturated heterocycles. The van der Waals surface area contributed by atoms with Gasteiger partial charge in [0, 0.05) is 5.56 Å². The van der Waals surface area contributed by atoms with Crippen LogP contribution in [0.2, 0.25) is 0 Å². The van der Waals surface area contributed by atoms with E-state index < -0.39 is 35.5 Å². The highest BCUT2D eigenvalue weighted by molar-refractivity contribution is 6.24. The fourth-order valence-electron chi connectivity index (χ4n) is 3.07. The van der Waals surface area contributed by atoms with Gasteiger partial charge in [-0.2, -0.15) is 13.2 Å². The Morgan fingerprint density at radius 1 is 0.968 bits per heavy atom. The number of anilines is 1. The van der Waals surface area contributed by atoms with E-state index in [4.69, 9.17) is 0 Å². The largest absolute Gasteiger partial charge is 0.440 e. The second-order valence-corrected chi connectivity index (χ2v) is 8.08. The number of rotatable bonds is 3. The first-order chi connectivity index (χ1) is 14.3. The number of nitrogens with one attached hydrogen (secondary N) is 2. The maximum absolute atomic E-state index is 14.0. The van der Waals surface area contributed by atoms with Gasteiger partial charge in [0.1, 0.15) is 5.82 Å². The Hall–Kier alpha value is -3.43. The topological polar surface area (TPSA) is 78.5 Å². The quantitative estimate of drug-likeness (QED) is 0.565. The third kappa shape index (κ3) is 3.97. The van der Waals surface area contributed by atoms with Gasteiger partial charge in [-0.15, -0.1) is 0 Å². The summed E-state index contributed by atoms with van der Waals surface area (Å²) in [6.07, 6.45) is -5.35. The van der Waals surface area contributed by atoms with Gasteiger partial charge in [0.25, 0.3) is 17.5 Å². The van der Waals surface area contributed by atoms with E-state index in [0.717, 1.165) is 29.8 Å². The molecule has 0 unspecified atom stereocenters. The second-order valence-electron chi connectivity index (χ2n) is 8.08. The summed E-state index contributed by atoms with van der Waals surface area (Å²) in [5, 5.41) is 3.18. The van der Waals surface area contributed by atoms with Crippen LogP contribution in [0.5, 0.6) is 0 Å². The summed E-state index contributed by atoms with van der Waals surface area (Å²) < 4.78 is 55.0. The van der Waals surface area contributed by atoms with Crippen LogP contribution in [0, 0.1) is 5.82 Å². The zero-order valence-corrected chi connectivity index (χ0v) is 16.8. The van der Waals surface area contributed by atoms with E-state index >= 15 is 0 Å². The van der Waals surface area contributed by atoms with Crippen molar-refractivity contribution in [3.63, 3.8) is 0 Å². The molecule has 0 saturated carbocycles. The lowest BCUT2D eigenvalue weighted by Gasteiger charge is -2.30. The second kappa shape index (κ2) is 7.36. The van der Waals surface area contributed by atoms with Crippen molar-refractivity contribution in [1.82, 2.24) is 10.6 Å². The van der Waals surface area contributed by atoms with E-state index in [9.17, 15) is 31.9 Å². The highest BCUT2D eigenvalue weighted by Crippen LogP contribution is 2.36. The number of hydrogen-bond donors (Lipinski definition) is 2. The molecule has 1 heterocycles. The molecule has 0 radical (unpaired) electrons. The number of imide groups is 1. The summed E-state index contributed by atoms with van der Waals surface area (Å²) >= 11 is 0. The monoisotopic (exact) mass is 437 g/mol. The Balaban J connectivity index is 1.95. The lowest BCUT2D eigenvalue weighted by Crippen LogP contribution is -2.69. The normalized spacial score (nSPS) is 19.4. The van der Waals surface area contributed by atoms with Gasteiger partial charge in [0.05, 0.1) is 5.69 Å². The van der Waals surface area contributed by atoms with Crippen molar-refractivity contribution >= 4 is 23.5 Å². The molecule has 4 amide bonds. The van der Waals surface area contributed by atoms with Crippen LogP contribution in [0.15, 0.2) is 48.5 Å². The molecule has 2 N–H and O–H groups in total. The molecular formula is C21H19F4N3O3. The Bertz CT molecular complexity index is 1030. The van der Waals surface area contributed by atoms with E-state index in [0.29, 0.717) is 0 Å². The minimum Gasteiger partial charge on any atom is -0.314 e. The summed E-state index contributed by atoms with van der Waals surface area (Å²) in [6.45, 7) is 5.78. The van der Waals surface area contributed by atoms with Crippen molar-refractivity contribution in [1.29, 1.82) is 0 Å². The number of benzene rings is 2. The van der Waals surface area contributed by atoms with Crippen molar-refractivity contribution in [2.45, 2.75) is 38.0 Å². The Kier molecular flexibility index (Phi) is 5.29. The minimum atomic E-state index is -5.35. The van der Waals surface area contributed by atoms with Gasteiger partial charge in [-0.05, 0) is 47.4 Å². The van der Waals surface area contributed by atoms with Crippen LogP contribution in [-0.2, 0) is 10.2 Å². The molecule has 0 aromatic heterocycles. The number of urea groups is 1. The maximum atomic E-state index is 14.0. The van der Waals surface area contributed by atoms with Crippen molar-refractivity contribution in [2.75, 3.05) is 4.90 Å². The molecule has 10 heteroatoms. The van der Waals surface area contributed by atoms with Gasteiger partial charge in [0.15, 0.2) is 0 Å². The molecule has 164 valence electrons. The predicted molar refractivity (Wildman–Crippen MR) is 104 cm³/mol. The van der Waals surface area contributed by atoms with Crippen LogP contribution < -0.4 is 15.5 Å². The maximum Gasteiger partial charge on any atom is 0.440 e. The minimum absolute atomic E-state index is 0.126. The van der Waals surface area contributed by atoms with Crippen LogP contribution in [0.1, 0.15) is 36.7 Å². The van der Waals surface area contributed by atoms with Crippen LogP contribution >= 0.6 is 0 Å². The number of amides is 4. The van der Waals surface area contributed by atoms with Crippen LogP contribution in [-0.4, -0.2) is 29.7 Å². The molecular weight excluding hydrogens is 418 g/mol. The molecule has 2 aromatic rings. The highest BCUT2D eigenvalue weighted by Gasteiger charge is 2.69.